The fourth-order valence-corrected chi connectivity index (χ4v) is 3.25. The zero-order valence-corrected chi connectivity index (χ0v) is 14.5. The SMILES string of the molecule is CC(C(=O)Nc1ncccn1)N1CC=C(c2c[nH]c3ncccc23)CC1. The van der Waals surface area contributed by atoms with Crippen LogP contribution in [0.15, 0.2) is 49.1 Å². The molecule has 7 nitrogen and oxygen atoms in total. The zero-order chi connectivity index (χ0) is 17.9. The van der Waals surface area contributed by atoms with Crippen molar-refractivity contribution in [2.24, 2.45) is 0 Å². The molecule has 7 heteroatoms. The maximum Gasteiger partial charge on any atom is 0.243 e. The van der Waals surface area contributed by atoms with Crippen LogP contribution in [-0.4, -0.2) is 49.9 Å². The molecule has 1 unspecified atom stereocenters. The molecule has 132 valence electrons. The van der Waals surface area contributed by atoms with E-state index < -0.39 is 0 Å². The molecule has 0 saturated carbocycles. The van der Waals surface area contributed by atoms with Gasteiger partial charge in [0.25, 0.3) is 0 Å². The number of carbonyl (C=O) groups is 1. The third-order valence-electron chi connectivity index (χ3n) is 4.77. The molecule has 0 spiro atoms. The molecule has 0 aliphatic carbocycles. The number of H-pyrrole nitrogens is 1. The second-order valence-corrected chi connectivity index (χ2v) is 6.31. The maximum absolute atomic E-state index is 12.4. The molecular formula is C19H20N6O. The lowest BCUT2D eigenvalue weighted by Crippen LogP contribution is -2.44. The Balaban J connectivity index is 1.44. The minimum absolute atomic E-state index is 0.0932. The Morgan fingerprint density at radius 1 is 1.23 bits per heavy atom. The van der Waals surface area contributed by atoms with Crippen LogP contribution < -0.4 is 5.32 Å². The molecule has 3 aromatic rings. The summed E-state index contributed by atoms with van der Waals surface area (Å²) in [5.74, 6) is 0.244. The first-order chi connectivity index (χ1) is 12.7. The molecule has 0 fully saturated rings. The predicted octanol–water partition coefficient (Wildman–Crippen LogP) is 2.47. The average Bonchev–Trinajstić information content (AvgIpc) is 3.12. The Morgan fingerprint density at radius 2 is 2.04 bits per heavy atom. The number of fused-ring (bicyclic) bond motifs is 1. The van der Waals surface area contributed by atoms with Crippen LogP contribution in [0.5, 0.6) is 0 Å². The van der Waals surface area contributed by atoms with Gasteiger partial charge in [-0.2, -0.15) is 0 Å². The number of aromatic nitrogens is 4. The monoisotopic (exact) mass is 348 g/mol. The summed E-state index contributed by atoms with van der Waals surface area (Å²) in [4.78, 5) is 30.2. The van der Waals surface area contributed by atoms with Gasteiger partial charge in [0.2, 0.25) is 11.9 Å². The molecule has 0 bridgehead atoms. The number of pyridine rings is 1. The molecule has 1 aliphatic rings. The molecule has 26 heavy (non-hydrogen) atoms. The largest absolute Gasteiger partial charge is 0.346 e. The maximum atomic E-state index is 12.4. The number of hydrogen-bond donors (Lipinski definition) is 2. The number of aromatic amines is 1. The van der Waals surface area contributed by atoms with Crippen LogP contribution in [0.25, 0.3) is 16.6 Å². The van der Waals surface area contributed by atoms with Crippen LogP contribution in [0.4, 0.5) is 5.95 Å². The minimum Gasteiger partial charge on any atom is -0.346 e. The summed E-state index contributed by atoms with van der Waals surface area (Å²) in [6, 6.07) is 5.50. The highest BCUT2D eigenvalue weighted by molar-refractivity contribution is 5.93. The Hall–Kier alpha value is -3.06. The van der Waals surface area contributed by atoms with Gasteiger partial charge in [0.1, 0.15) is 5.65 Å². The Kier molecular flexibility index (Phi) is 4.45. The highest BCUT2D eigenvalue weighted by Crippen LogP contribution is 2.28. The van der Waals surface area contributed by atoms with E-state index in [0.717, 1.165) is 30.5 Å². The smallest absolute Gasteiger partial charge is 0.243 e. The number of carbonyl (C=O) groups excluding carboxylic acids is 1. The van der Waals surface area contributed by atoms with Crippen molar-refractivity contribution in [2.75, 3.05) is 18.4 Å². The van der Waals surface area contributed by atoms with Gasteiger partial charge < -0.3 is 4.98 Å². The second-order valence-electron chi connectivity index (χ2n) is 6.31. The zero-order valence-electron chi connectivity index (χ0n) is 14.5. The van der Waals surface area contributed by atoms with Gasteiger partial charge in [-0.25, -0.2) is 15.0 Å². The van der Waals surface area contributed by atoms with Gasteiger partial charge in [0.15, 0.2) is 0 Å². The van der Waals surface area contributed by atoms with Gasteiger partial charge in [-0.3, -0.25) is 15.0 Å². The summed E-state index contributed by atoms with van der Waals surface area (Å²) in [6.45, 7) is 3.46. The van der Waals surface area contributed by atoms with Gasteiger partial charge in [-0.1, -0.05) is 6.08 Å². The predicted molar refractivity (Wildman–Crippen MR) is 100 cm³/mol. The molecule has 2 N–H and O–H groups in total. The Labute approximate surface area is 151 Å². The third kappa shape index (κ3) is 3.21. The highest BCUT2D eigenvalue weighted by atomic mass is 16.2. The van der Waals surface area contributed by atoms with Gasteiger partial charge in [0.05, 0.1) is 6.04 Å². The minimum atomic E-state index is -0.249. The summed E-state index contributed by atoms with van der Waals surface area (Å²) in [6.07, 6.45) is 10.1. The van der Waals surface area contributed by atoms with Crippen LogP contribution in [-0.2, 0) is 4.79 Å². The number of anilines is 1. The molecule has 1 aliphatic heterocycles. The molecule has 1 atom stereocenters. The summed E-state index contributed by atoms with van der Waals surface area (Å²) in [7, 11) is 0. The Morgan fingerprint density at radius 3 is 2.81 bits per heavy atom. The van der Waals surface area contributed by atoms with Crippen molar-refractivity contribution in [3.63, 3.8) is 0 Å². The van der Waals surface area contributed by atoms with E-state index >= 15 is 0 Å². The standard InChI is InChI=1S/C19H20N6O/c1-13(18(26)24-19-21-8-3-9-22-19)25-10-5-14(6-11-25)16-12-23-17-15(16)4-2-7-20-17/h2-5,7-9,12-13H,6,10-11H2,1H3,(H,20,23)(H,21,22,24,26). The van der Waals surface area contributed by atoms with E-state index in [1.54, 1.807) is 24.7 Å². The fraction of sp³-hybridized carbons (Fsp3) is 0.263. The first-order valence-corrected chi connectivity index (χ1v) is 8.66. The summed E-state index contributed by atoms with van der Waals surface area (Å²) in [5.41, 5.74) is 3.39. The lowest BCUT2D eigenvalue weighted by Gasteiger charge is -2.30. The number of hydrogen-bond acceptors (Lipinski definition) is 5. The van der Waals surface area contributed by atoms with Crippen molar-refractivity contribution in [1.29, 1.82) is 0 Å². The summed E-state index contributed by atoms with van der Waals surface area (Å²) in [5, 5.41) is 3.90. The van der Waals surface area contributed by atoms with Crippen LogP contribution in [0.1, 0.15) is 18.9 Å². The molecule has 4 rings (SSSR count). The lowest BCUT2D eigenvalue weighted by atomic mass is 9.99. The third-order valence-corrected chi connectivity index (χ3v) is 4.77. The molecule has 0 saturated heterocycles. The van der Waals surface area contributed by atoms with Gasteiger partial charge in [-0.15, -0.1) is 0 Å². The first-order valence-electron chi connectivity index (χ1n) is 8.66. The number of nitrogens with zero attached hydrogens (tertiary/aromatic N) is 4. The van der Waals surface area contributed by atoms with Crippen molar-refractivity contribution < 1.29 is 4.79 Å². The average molecular weight is 348 g/mol. The quantitative estimate of drug-likeness (QED) is 0.756. The van der Waals surface area contributed by atoms with E-state index in [-0.39, 0.29) is 11.9 Å². The molecule has 4 heterocycles. The molecule has 3 aromatic heterocycles. The van der Waals surface area contributed by atoms with Gasteiger partial charge in [-0.05, 0) is 37.1 Å². The number of rotatable bonds is 4. The van der Waals surface area contributed by atoms with E-state index in [1.807, 2.05) is 19.2 Å². The van der Waals surface area contributed by atoms with E-state index in [9.17, 15) is 4.79 Å². The second kappa shape index (κ2) is 7.05. The topological polar surface area (TPSA) is 86.8 Å². The molecular weight excluding hydrogens is 328 g/mol. The first kappa shape index (κ1) is 16.4. The Bertz CT molecular complexity index is 949. The van der Waals surface area contributed by atoms with Crippen LogP contribution in [0, 0.1) is 0 Å². The fourth-order valence-electron chi connectivity index (χ4n) is 3.25. The highest BCUT2D eigenvalue weighted by Gasteiger charge is 2.24. The van der Waals surface area contributed by atoms with E-state index in [2.05, 4.69) is 42.3 Å². The van der Waals surface area contributed by atoms with Crippen LogP contribution in [0.3, 0.4) is 0 Å². The van der Waals surface area contributed by atoms with Crippen molar-refractivity contribution in [3.8, 4) is 0 Å². The molecule has 0 radical (unpaired) electrons. The van der Waals surface area contributed by atoms with E-state index in [0.29, 0.717) is 5.95 Å². The van der Waals surface area contributed by atoms with Crippen molar-refractivity contribution in [3.05, 3.63) is 54.6 Å². The molecule has 0 aromatic carbocycles. The summed E-state index contributed by atoms with van der Waals surface area (Å²) < 4.78 is 0. The summed E-state index contributed by atoms with van der Waals surface area (Å²) >= 11 is 0. The normalized spacial score (nSPS) is 16.3. The van der Waals surface area contributed by atoms with Crippen molar-refractivity contribution in [1.82, 2.24) is 24.8 Å². The number of nitrogens with one attached hydrogen (secondary N) is 2. The van der Waals surface area contributed by atoms with Crippen molar-refractivity contribution in [2.45, 2.75) is 19.4 Å². The lowest BCUT2D eigenvalue weighted by molar-refractivity contribution is -0.120. The van der Waals surface area contributed by atoms with Gasteiger partial charge in [0, 0.05) is 48.8 Å². The number of amides is 1. The van der Waals surface area contributed by atoms with E-state index in [1.165, 1.54) is 11.1 Å². The molecule has 1 amide bonds. The van der Waals surface area contributed by atoms with Crippen molar-refractivity contribution >= 4 is 28.5 Å². The van der Waals surface area contributed by atoms with Crippen LogP contribution in [0.2, 0.25) is 0 Å². The van der Waals surface area contributed by atoms with Crippen LogP contribution >= 0.6 is 0 Å². The van der Waals surface area contributed by atoms with Gasteiger partial charge >= 0.3 is 0 Å². The van der Waals surface area contributed by atoms with E-state index in [4.69, 9.17) is 0 Å².